The highest BCUT2D eigenvalue weighted by molar-refractivity contribution is 7.10. The topological polar surface area (TPSA) is 88.2 Å². The molecule has 0 radical (unpaired) electrons. The molecule has 116 valence electrons. The van der Waals surface area contributed by atoms with Crippen molar-refractivity contribution in [1.29, 1.82) is 0 Å². The highest BCUT2D eigenvalue weighted by Crippen LogP contribution is 2.37. The van der Waals surface area contributed by atoms with E-state index in [9.17, 15) is 4.79 Å². The van der Waals surface area contributed by atoms with Crippen LogP contribution < -0.4 is 5.73 Å². The Morgan fingerprint density at radius 3 is 2.67 bits per heavy atom. The first-order valence-corrected chi connectivity index (χ1v) is 7.73. The number of oxime groups is 1. The summed E-state index contributed by atoms with van der Waals surface area (Å²) in [6, 6.07) is 3.23. The smallest absolute Gasteiger partial charge is 0.411 e. The van der Waals surface area contributed by atoms with Crippen molar-refractivity contribution in [1.82, 2.24) is 4.90 Å². The van der Waals surface area contributed by atoms with Crippen LogP contribution in [0.15, 0.2) is 22.7 Å². The van der Waals surface area contributed by atoms with E-state index in [-0.39, 0.29) is 11.9 Å². The second-order valence-corrected chi connectivity index (χ2v) is 7.04. The van der Waals surface area contributed by atoms with Gasteiger partial charge in [0.2, 0.25) is 0 Å². The van der Waals surface area contributed by atoms with Crippen LogP contribution in [0.5, 0.6) is 0 Å². The summed E-state index contributed by atoms with van der Waals surface area (Å²) in [4.78, 5) is 15.0. The van der Waals surface area contributed by atoms with Gasteiger partial charge in [-0.3, -0.25) is 4.90 Å². The average molecular weight is 311 g/mol. The number of hydrogen-bond donors (Lipinski definition) is 2. The molecule has 21 heavy (non-hydrogen) atoms. The molecule has 3 N–H and O–H groups in total. The third-order valence-electron chi connectivity index (χ3n) is 3.03. The summed E-state index contributed by atoms with van der Waals surface area (Å²) < 4.78 is 5.47. The van der Waals surface area contributed by atoms with Gasteiger partial charge in [-0.25, -0.2) is 4.79 Å². The Labute approximate surface area is 128 Å². The largest absolute Gasteiger partial charge is 0.444 e. The van der Waals surface area contributed by atoms with E-state index in [1.165, 1.54) is 11.3 Å². The van der Waals surface area contributed by atoms with Gasteiger partial charge in [-0.05, 0) is 45.1 Å². The molecule has 0 unspecified atom stereocenters. The monoisotopic (exact) mass is 311 g/mol. The minimum absolute atomic E-state index is 0.00444. The molecule has 0 aliphatic heterocycles. The molecule has 1 aliphatic rings. The number of amidine groups is 1. The van der Waals surface area contributed by atoms with Crippen molar-refractivity contribution in [2.45, 2.75) is 51.3 Å². The van der Waals surface area contributed by atoms with Crippen LogP contribution in [0.4, 0.5) is 4.79 Å². The third kappa shape index (κ3) is 3.87. The van der Waals surface area contributed by atoms with E-state index in [0.717, 1.165) is 17.7 Å². The van der Waals surface area contributed by atoms with Crippen molar-refractivity contribution in [3.05, 3.63) is 22.4 Å². The molecule has 1 heterocycles. The van der Waals surface area contributed by atoms with E-state index < -0.39 is 17.7 Å². The second kappa shape index (κ2) is 5.93. The molecule has 1 aromatic heterocycles. The molecule has 1 amide bonds. The number of rotatable bonds is 4. The average Bonchev–Trinajstić information content (AvgIpc) is 3.07. The molecular weight excluding hydrogens is 290 g/mol. The van der Waals surface area contributed by atoms with Gasteiger partial charge in [0.05, 0.1) is 0 Å². The third-order valence-corrected chi connectivity index (χ3v) is 3.96. The predicted octanol–water partition coefficient (Wildman–Crippen LogP) is 2.94. The molecule has 1 aromatic rings. The first-order valence-electron chi connectivity index (χ1n) is 6.85. The number of amides is 1. The highest BCUT2D eigenvalue weighted by atomic mass is 32.1. The lowest BCUT2D eigenvalue weighted by Gasteiger charge is -2.32. The predicted molar refractivity (Wildman–Crippen MR) is 81.6 cm³/mol. The SMILES string of the molecule is CC(C)(C)OC(=O)N(C1CC1)[C@@H](C(N)=NO)c1cccs1. The number of nitrogens with zero attached hydrogens (tertiary/aromatic N) is 2. The second-order valence-electron chi connectivity index (χ2n) is 6.06. The summed E-state index contributed by atoms with van der Waals surface area (Å²) in [6.45, 7) is 5.46. The zero-order valence-corrected chi connectivity index (χ0v) is 13.3. The van der Waals surface area contributed by atoms with Gasteiger partial charge in [-0.15, -0.1) is 11.3 Å². The Bertz CT molecular complexity index is 518. The Kier molecular flexibility index (Phi) is 4.41. The van der Waals surface area contributed by atoms with Gasteiger partial charge >= 0.3 is 6.09 Å². The Hall–Kier alpha value is -1.76. The zero-order valence-electron chi connectivity index (χ0n) is 12.4. The molecule has 0 spiro atoms. The van der Waals surface area contributed by atoms with Crippen molar-refractivity contribution < 1.29 is 14.7 Å². The van der Waals surface area contributed by atoms with E-state index in [1.54, 1.807) is 4.90 Å². The van der Waals surface area contributed by atoms with Crippen LogP contribution in [0.2, 0.25) is 0 Å². The van der Waals surface area contributed by atoms with Crippen LogP contribution in [0, 0.1) is 0 Å². The van der Waals surface area contributed by atoms with E-state index in [0.29, 0.717) is 0 Å². The zero-order chi connectivity index (χ0) is 15.6. The highest BCUT2D eigenvalue weighted by Gasteiger charge is 2.42. The number of thiophene rings is 1. The fourth-order valence-electron chi connectivity index (χ4n) is 2.06. The Balaban J connectivity index is 2.31. The number of ether oxygens (including phenoxy) is 1. The van der Waals surface area contributed by atoms with Gasteiger partial charge < -0.3 is 15.7 Å². The maximum Gasteiger partial charge on any atom is 0.411 e. The molecule has 1 fully saturated rings. The maximum atomic E-state index is 12.5. The molecule has 2 rings (SSSR count). The number of nitrogens with two attached hydrogens (primary N) is 1. The molecule has 0 bridgehead atoms. The Morgan fingerprint density at radius 1 is 1.57 bits per heavy atom. The van der Waals surface area contributed by atoms with Crippen molar-refractivity contribution in [2.75, 3.05) is 0 Å². The van der Waals surface area contributed by atoms with Crippen LogP contribution in [0.3, 0.4) is 0 Å². The summed E-state index contributed by atoms with van der Waals surface area (Å²) in [7, 11) is 0. The molecular formula is C14H21N3O3S. The molecule has 7 heteroatoms. The summed E-state index contributed by atoms with van der Waals surface area (Å²) >= 11 is 1.46. The number of carbonyl (C=O) groups is 1. The molecule has 1 saturated carbocycles. The maximum absolute atomic E-state index is 12.5. The summed E-state index contributed by atoms with van der Waals surface area (Å²) in [5.74, 6) is -0.00444. The minimum Gasteiger partial charge on any atom is -0.444 e. The first-order chi connectivity index (χ1) is 9.83. The summed E-state index contributed by atoms with van der Waals surface area (Å²) in [5.41, 5.74) is 5.25. The standard InChI is InChI=1S/C14H21N3O3S/c1-14(2,3)20-13(18)17(9-6-7-9)11(12(15)16-19)10-5-4-8-21-10/h4-5,8-9,11,19H,6-7H2,1-3H3,(H2,15,16)/t11-/m1/s1. The fraction of sp³-hybridized carbons (Fsp3) is 0.571. The first kappa shape index (κ1) is 15.6. The minimum atomic E-state index is -0.588. The van der Waals surface area contributed by atoms with Gasteiger partial charge in [0.15, 0.2) is 5.84 Å². The normalized spacial score (nSPS) is 17.4. The van der Waals surface area contributed by atoms with Gasteiger partial charge in [0.25, 0.3) is 0 Å². The van der Waals surface area contributed by atoms with E-state index >= 15 is 0 Å². The van der Waals surface area contributed by atoms with Gasteiger partial charge in [0.1, 0.15) is 11.6 Å². The lowest BCUT2D eigenvalue weighted by atomic mass is 10.1. The van der Waals surface area contributed by atoms with Crippen molar-refractivity contribution in [3.63, 3.8) is 0 Å². The van der Waals surface area contributed by atoms with Gasteiger partial charge in [0, 0.05) is 10.9 Å². The molecule has 0 aromatic carbocycles. The quantitative estimate of drug-likeness (QED) is 0.387. The van der Waals surface area contributed by atoms with E-state index in [1.807, 2.05) is 38.3 Å². The number of carbonyl (C=O) groups excluding carboxylic acids is 1. The fourth-order valence-corrected chi connectivity index (χ4v) is 2.89. The molecule has 6 nitrogen and oxygen atoms in total. The van der Waals surface area contributed by atoms with Crippen molar-refractivity contribution >= 4 is 23.3 Å². The van der Waals surface area contributed by atoms with Crippen molar-refractivity contribution in [3.8, 4) is 0 Å². The van der Waals surface area contributed by atoms with Crippen LogP contribution in [0.1, 0.15) is 44.5 Å². The van der Waals surface area contributed by atoms with Gasteiger partial charge in [-0.2, -0.15) is 0 Å². The van der Waals surface area contributed by atoms with Crippen LogP contribution in [-0.4, -0.2) is 33.7 Å². The molecule has 1 aliphatic carbocycles. The van der Waals surface area contributed by atoms with E-state index in [2.05, 4.69) is 5.16 Å². The molecule has 0 saturated heterocycles. The number of hydrogen-bond acceptors (Lipinski definition) is 5. The van der Waals surface area contributed by atoms with E-state index in [4.69, 9.17) is 15.7 Å². The molecule has 1 atom stereocenters. The summed E-state index contributed by atoms with van der Waals surface area (Å²) in [6.07, 6.45) is 1.37. The summed E-state index contributed by atoms with van der Waals surface area (Å²) in [5, 5.41) is 14.1. The van der Waals surface area contributed by atoms with Crippen LogP contribution >= 0.6 is 11.3 Å². The lowest BCUT2D eigenvalue weighted by molar-refractivity contribution is 0.0192. The Morgan fingerprint density at radius 2 is 2.24 bits per heavy atom. The van der Waals surface area contributed by atoms with Crippen LogP contribution in [-0.2, 0) is 4.74 Å². The lowest BCUT2D eigenvalue weighted by Crippen LogP contribution is -2.45. The van der Waals surface area contributed by atoms with Crippen LogP contribution in [0.25, 0.3) is 0 Å². The van der Waals surface area contributed by atoms with Crippen molar-refractivity contribution in [2.24, 2.45) is 10.9 Å². The van der Waals surface area contributed by atoms with Gasteiger partial charge in [-0.1, -0.05) is 11.2 Å².